The van der Waals surface area contributed by atoms with Gasteiger partial charge in [0.1, 0.15) is 5.58 Å². The second-order valence-corrected chi connectivity index (χ2v) is 6.34. The van der Waals surface area contributed by atoms with Crippen molar-refractivity contribution in [2.24, 2.45) is 5.92 Å². The van der Waals surface area contributed by atoms with Crippen molar-refractivity contribution in [3.63, 3.8) is 0 Å². The van der Waals surface area contributed by atoms with Crippen LogP contribution in [0.3, 0.4) is 0 Å². The summed E-state index contributed by atoms with van der Waals surface area (Å²) in [5.41, 5.74) is 1.08. The van der Waals surface area contributed by atoms with Crippen LogP contribution in [-0.4, -0.2) is 36.2 Å². The third kappa shape index (κ3) is 3.96. The first-order chi connectivity index (χ1) is 12.5. The van der Waals surface area contributed by atoms with Crippen molar-refractivity contribution in [1.29, 1.82) is 0 Å². The summed E-state index contributed by atoms with van der Waals surface area (Å²) in [6, 6.07) is 6.21. The molecule has 0 spiro atoms. The van der Waals surface area contributed by atoms with Gasteiger partial charge in [0.25, 0.3) is 0 Å². The lowest BCUT2D eigenvalue weighted by atomic mass is 9.86. The van der Waals surface area contributed by atoms with E-state index in [1.807, 2.05) is 0 Å². The summed E-state index contributed by atoms with van der Waals surface area (Å²) in [5, 5.41) is 15.3. The Morgan fingerprint density at radius 2 is 1.88 bits per heavy atom. The lowest BCUT2D eigenvalue weighted by molar-refractivity contribution is -0.142. The van der Waals surface area contributed by atoms with Gasteiger partial charge in [-0.2, -0.15) is 0 Å². The van der Waals surface area contributed by atoms with Crippen LogP contribution >= 0.6 is 0 Å². The van der Waals surface area contributed by atoms with Crippen molar-refractivity contribution in [3.8, 4) is 0 Å². The molecule has 8 heteroatoms. The van der Waals surface area contributed by atoms with Crippen molar-refractivity contribution in [3.05, 3.63) is 30.0 Å². The lowest BCUT2D eigenvalue weighted by Crippen LogP contribution is -2.40. The summed E-state index contributed by atoms with van der Waals surface area (Å²) in [7, 11) is 1.27. The van der Waals surface area contributed by atoms with E-state index in [0.717, 1.165) is 0 Å². The number of carboxylic acids is 1. The van der Waals surface area contributed by atoms with Gasteiger partial charge in [-0.05, 0) is 49.9 Å². The number of fused-ring (bicyclic) bond motifs is 1. The summed E-state index contributed by atoms with van der Waals surface area (Å²) in [6.45, 7) is 0. The zero-order valence-electron chi connectivity index (χ0n) is 14.3. The molecule has 1 aliphatic carbocycles. The molecule has 3 N–H and O–H groups in total. The minimum atomic E-state index is -0.771. The van der Waals surface area contributed by atoms with Crippen molar-refractivity contribution < 1.29 is 28.6 Å². The first-order valence-corrected chi connectivity index (χ1v) is 8.38. The summed E-state index contributed by atoms with van der Waals surface area (Å²) < 4.78 is 10.00. The molecular weight excluding hydrogens is 340 g/mol. The first-order valence-electron chi connectivity index (χ1n) is 8.38. The molecule has 138 valence electrons. The smallest absolute Gasteiger partial charge is 0.373 e. The van der Waals surface area contributed by atoms with E-state index in [1.165, 1.54) is 7.11 Å². The molecular formula is C18H20N2O6. The molecule has 1 fully saturated rings. The van der Waals surface area contributed by atoms with Crippen LogP contribution in [0.25, 0.3) is 11.0 Å². The molecule has 0 saturated heterocycles. The number of urea groups is 1. The van der Waals surface area contributed by atoms with E-state index in [1.54, 1.807) is 24.3 Å². The van der Waals surface area contributed by atoms with Gasteiger partial charge in [-0.1, -0.05) is 0 Å². The molecule has 1 aromatic carbocycles. The standard InChI is InChI=1S/C18H20N2O6/c1-25-17(23)15-9-11-8-13(6-7-14(11)26-15)20-18(24)19-12-4-2-10(3-5-12)16(21)22/h6-10,12H,2-5H2,1H3,(H,21,22)(H2,19,20,24). The molecule has 0 unspecified atom stereocenters. The maximum absolute atomic E-state index is 12.2. The number of nitrogens with one attached hydrogen (secondary N) is 2. The van der Waals surface area contributed by atoms with E-state index < -0.39 is 11.9 Å². The summed E-state index contributed by atoms with van der Waals surface area (Å²) in [6.07, 6.45) is 2.43. The van der Waals surface area contributed by atoms with Crippen molar-refractivity contribution in [2.45, 2.75) is 31.7 Å². The molecule has 1 aliphatic rings. The fourth-order valence-electron chi connectivity index (χ4n) is 3.16. The van der Waals surface area contributed by atoms with Crippen molar-refractivity contribution >= 4 is 34.6 Å². The average molecular weight is 360 g/mol. The molecule has 1 aromatic heterocycles. The Bertz CT molecular complexity index is 835. The van der Waals surface area contributed by atoms with E-state index in [0.29, 0.717) is 42.3 Å². The SMILES string of the molecule is COC(=O)c1cc2cc(NC(=O)NC3CCC(C(=O)O)CC3)ccc2o1. The maximum Gasteiger partial charge on any atom is 0.373 e. The molecule has 0 aliphatic heterocycles. The van der Waals surface area contributed by atoms with E-state index >= 15 is 0 Å². The van der Waals surface area contributed by atoms with Gasteiger partial charge in [0.2, 0.25) is 5.76 Å². The van der Waals surface area contributed by atoms with Gasteiger partial charge >= 0.3 is 18.0 Å². The second kappa shape index (κ2) is 7.47. The van der Waals surface area contributed by atoms with Gasteiger partial charge in [0, 0.05) is 17.1 Å². The average Bonchev–Trinajstić information content (AvgIpc) is 3.04. The van der Waals surface area contributed by atoms with Gasteiger partial charge in [-0.15, -0.1) is 0 Å². The Hall–Kier alpha value is -3.03. The topological polar surface area (TPSA) is 118 Å². The van der Waals surface area contributed by atoms with Crippen LogP contribution in [0.5, 0.6) is 0 Å². The summed E-state index contributed by atoms with van der Waals surface area (Å²) in [4.78, 5) is 34.6. The van der Waals surface area contributed by atoms with E-state index in [2.05, 4.69) is 15.4 Å². The van der Waals surface area contributed by atoms with Crippen molar-refractivity contribution in [1.82, 2.24) is 5.32 Å². The minimum Gasteiger partial charge on any atom is -0.481 e. The van der Waals surface area contributed by atoms with E-state index in [-0.39, 0.29) is 23.8 Å². The number of esters is 1. The summed E-state index contributed by atoms with van der Waals surface area (Å²) in [5.74, 6) is -1.55. The number of benzene rings is 1. The number of hydrogen-bond acceptors (Lipinski definition) is 5. The Balaban J connectivity index is 1.59. The van der Waals surface area contributed by atoms with Crippen LogP contribution in [0.15, 0.2) is 28.7 Å². The minimum absolute atomic E-state index is 0.0332. The monoisotopic (exact) mass is 360 g/mol. The van der Waals surface area contributed by atoms with Gasteiger partial charge in [0.15, 0.2) is 0 Å². The molecule has 1 saturated carbocycles. The maximum atomic E-state index is 12.2. The Morgan fingerprint density at radius 1 is 1.15 bits per heavy atom. The van der Waals surface area contributed by atoms with Gasteiger partial charge < -0.3 is 24.9 Å². The van der Waals surface area contributed by atoms with Crippen molar-refractivity contribution in [2.75, 3.05) is 12.4 Å². The molecule has 0 radical (unpaired) electrons. The van der Waals surface area contributed by atoms with Crippen LogP contribution in [0.2, 0.25) is 0 Å². The van der Waals surface area contributed by atoms with Gasteiger partial charge in [-0.25, -0.2) is 9.59 Å². The zero-order valence-corrected chi connectivity index (χ0v) is 14.3. The van der Waals surface area contributed by atoms with Crippen LogP contribution < -0.4 is 10.6 Å². The largest absolute Gasteiger partial charge is 0.481 e. The Kier molecular flexibility index (Phi) is 5.11. The second-order valence-electron chi connectivity index (χ2n) is 6.34. The number of carbonyl (C=O) groups excluding carboxylic acids is 2. The predicted molar refractivity (Wildman–Crippen MR) is 93.1 cm³/mol. The molecule has 3 rings (SSSR count). The number of hydrogen-bond donors (Lipinski definition) is 3. The van der Waals surface area contributed by atoms with Crippen LogP contribution in [0.4, 0.5) is 10.5 Å². The highest BCUT2D eigenvalue weighted by Crippen LogP contribution is 2.25. The number of ether oxygens (including phenoxy) is 1. The molecule has 0 atom stereocenters. The lowest BCUT2D eigenvalue weighted by Gasteiger charge is -2.26. The van der Waals surface area contributed by atoms with E-state index in [4.69, 9.17) is 9.52 Å². The van der Waals surface area contributed by atoms with Crippen LogP contribution in [-0.2, 0) is 9.53 Å². The Labute approximate surface area is 149 Å². The first kappa shape index (κ1) is 17.8. The quantitative estimate of drug-likeness (QED) is 0.722. The fraction of sp³-hybridized carbons (Fsp3) is 0.389. The number of anilines is 1. The van der Waals surface area contributed by atoms with E-state index in [9.17, 15) is 14.4 Å². The van der Waals surface area contributed by atoms with Gasteiger partial charge in [-0.3, -0.25) is 4.79 Å². The highest BCUT2D eigenvalue weighted by Gasteiger charge is 2.26. The normalized spacial score (nSPS) is 19.7. The number of furan rings is 1. The fourth-order valence-corrected chi connectivity index (χ4v) is 3.16. The molecule has 1 heterocycles. The predicted octanol–water partition coefficient (Wildman–Crippen LogP) is 2.98. The molecule has 26 heavy (non-hydrogen) atoms. The van der Waals surface area contributed by atoms with Crippen LogP contribution in [0.1, 0.15) is 36.2 Å². The third-order valence-electron chi connectivity index (χ3n) is 4.57. The highest BCUT2D eigenvalue weighted by atomic mass is 16.5. The third-order valence-corrected chi connectivity index (χ3v) is 4.57. The zero-order chi connectivity index (χ0) is 18.7. The highest BCUT2D eigenvalue weighted by molar-refractivity contribution is 5.96. The number of carboxylic acid groups (broad SMARTS) is 1. The molecule has 2 amide bonds. The van der Waals surface area contributed by atoms with Crippen LogP contribution in [0, 0.1) is 5.92 Å². The molecule has 2 aromatic rings. The molecule has 8 nitrogen and oxygen atoms in total. The Morgan fingerprint density at radius 3 is 2.54 bits per heavy atom. The number of rotatable bonds is 4. The number of methoxy groups -OCH3 is 1. The summed E-state index contributed by atoms with van der Waals surface area (Å²) >= 11 is 0. The number of amides is 2. The molecule has 0 bridgehead atoms. The number of carbonyl (C=O) groups is 3. The number of aliphatic carboxylic acids is 1. The van der Waals surface area contributed by atoms with Gasteiger partial charge in [0.05, 0.1) is 13.0 Å².